The van der Waals surface area contributed by atoms with Crippen molar-refractivity contribution in [1.29, 1.82) is 0 Å². The second kappa shape index (κ2) is 8.91. The van der Waals surface area contributed by atoms with Gasteiger partial charge in [-0.05, 0) is 56.5 Å². The Morgan fingerprint density at radius 2 is 1.84 bits per heavy atom. The first-order valence-corrected chi connectivity index (χ1v) is 10.3. The van der Waals surface area contributed by atoms with Gasteiger partial charge in [-0.25, -0.2) is 0 Å². The maximum absolute atomic E-state index is 12.6. The van der Waals surface area contributed by atoms with Gasteiger partial charge in [-0.1, -0.05) is 18.2 Å². The summed E-state index contributed by atoms with van der Waals surface area (Å²) in [7, 11) is 0. The van der Waals surface area contributed by atoms with Crippen molar-refractivity contribution in [2.75, 3.05) is 23.3 Å². The van der Waals surface area contributed by atoms with E-state index in [2.05, 4.69) is 20.4 Å². The van der Waals surface area contributed by atoms with E-state index in [1.165, 1.54) is 25.3 Å². The second-order valence-electron chi connectivity index (χ2n) is 7.62. The van der Waals surface area contributed by atoms with E-state index in [9.17, 15) is 14.9 Å². The molecular formula is C23H23N5O3. The molecule has 2 heterocycles. The van der Waals surface area contributed by atoms with Gasteiger partial charge in [0.1, 0.15) is 0 Å². The monoisotopic (exact) mass is 417 g/mol. The fourth-order valence-electron chi connectivity index (χ4n) is 3.68. The summed E-state index contributed by atoms with van der Waals surface area (Å²) in [4.78, 5) is 25.5. The molecule has 31 heavy (non-hydrogen) atoms. The first-order valence-electron chi connectivity index (χ1n) is 10.3. The molecule has 1 saturated heterocycles. The first kappa shape index (κ1) is 20.5. The van der Waals surface area contributed by atoms with Crippen molar-refractivity contribution in [1.82, 2.24) is 10.2 Å². The lowest BCUT2D eigenvalue weighted by Gasteiger charge is -2.27. The SMILES string of the molecule is Cc1ccc(C(=O)Nc2cccc(-c3ccc(N4CCCCC4)nn3)c2)cc1[N+](=O)[O-]. The van der Waals surface area contributed by atoms with Crippen LogP contribution < -0.4 is 10.2 Å². The summed E-state index contributed by atoms with van der Waals surface area (Å²) in [5.74, 6) is 0.473. The van der Waals surface area contributed by atoms with Gasteiger partial charge in [-0.15, -0.1) is 10.2 Å². The van der Waals surface area contributed by atoms with E-state index in [0.29, 0.717) is 16.9 Å². The Bertz CT molecular complexity index is 1110. The molecule has 1 aliphatic rings. The average molecular weight is 417 g/mol. The van der Waals surface area contributed by atoms with Crippen LogP contribution in [0.3, 0.4) is 0 Å². The highest BCUT2D eigenvalue weighted by atomic mass is 16.6. The molecule has 8 nitrogen and oxygen atoms in total. The van der Waals surface area contributed by atoms with Gasteiger partial charge in [-0.3, -0.25) is 14.9 Å². The quantitative estimate of drug-likeness (QED) is 0.481. The number of anilines is 2. The van der Waals surface area contributed by atoms with E-state index in [1.54, 1.807) is 25.1 Å². The van der Waals surface area contributed by atoms with Crippen molar-refractivity contribution in [2.45, 2.75) is 26.2 Å². The number of rotatable bonds is 5. The molecule has 3 aromatic rings. The van der Waals surface area contributed by atoms with Crippen LogP contribution in [0.15, 0.2) is 54.6 Å². The zero-order chi connectivity index (χ0) is 21.8. The van der Waals surface area contributed by atoms with Crippen LogP contribution >= 0.6 is 0 Å². The number of aryl methyl sites for hydroxylation is 1. The molecule has 0 bridgehead atoms. The van der Waals surface area contributed by atoms with Gasteiger partial charge in [0.05, 0.1) is 10.6 Å². The highest BCUT2D eigenvalue weighted by molar-refractivity contribution is 6.05. The zero-order valence-corrected chi connectivity index (χ0v) is 17.2. The summed E-state index contributed by atoms with van der Waals surface area (Å²) < 4.78 is 0. The number of piperidine rings is 1. The predicted molar refractivity (Wildman–Crippen MR) is 119 cm³/mol. The van der Waals surface area contributed by atoms with Gasteiger partial charge in [0.25, 0.3) is 11.6 Å². The fourth-order valence-corrected chi connectivity index (χ4v) is 3.68. The van der Waals surface area contributed by atoms with Crippen molar-refractivity contribution >= 4 is 23.1 Å². The van der Waals surface area contributed by atoms with E-state index < -0.39 is 10.8 Å². The van der Waals surface area contributed by atoms with Crippen molar-refractivity contribution in [3.8, 4) is 11.3 Å². The van der Waals surface area contributed by atoms with E-state index in [-0.39, 0.29) is 11.3 Å². The molecule has 1 aromatic heterocycles. The van der Waals surface area contributed by atoms with Crippen LogP contribution in [0.2, 0.25) is 0 Å². The molecule has 0 atom stereocenters. The number of nitro benzene ring substituents is 1. The summed E-state index contributed by atoms with van der Waals surface area (Å²) in [6, 6.07) is 15.6. The second-order valence-corrected chi connectivity index (χ2v) is 7.62. The van der Waals surface area contributed by atoms with Crippen molar-refractivity contribution in [3.63, 3.8) is 0 Å². The molecule has 1 amide bonds. The van der Waals surface area contributed by atoms with Crippen molar-refractivity contribution in [2.24, 2.45) is 0 Å². The third-order valence-corrected chi connectivity index (χ3v) is 5.41. The number of carbonyl (C=O) groups is 1. The lowest BCUT2D eigenvalue weighted by molar-refractivity contribution is -0.385. The number of benzene rings is 2. The lowest BCUT2D eigenvalue weighted by atomic mass is 10.1. The average Bonchev–Trinajstić information content (AvgIpc) is 2.80. The Hall–Kier alpha value is -3.81. The number of hydrogen-bond donors (Lipinski definition) is 1. The molecule has 0 radical (unpaired) electrons. The summed E-state index contributed by atoms with van der Waals surface area (Å²) in [6.07, 6.45) is 3.61. The third kappa shape index (κ3) is 4.69. The van der Waals surface area contributed by atoms with Gasteiger partial charge in [-0.2, -0.15) is 0 Å². The van der Waals surface area contributed by atoms with Crippen LogP contribution in [0.5, 0.6) is 0 Å². The summed E-state index contributed by atoms with van der Waals surface area (Å²) in [6.45, 7) is 3.65. The molecule has 2 aromatic carbocycles. The Labute approximate surface area is 180 Å². The van der Waals surface area contributed by atoms with Crippen LogP contribution in [0.25, 0.3) is 11.3 Å². The molecular weight excluding hydrogens is 394 g/mol. The Balaban J connectivity index is 1.50. The number of nitro groups is 1. The lowest BCUT2D eigenvalue weighted by Crippen LogP contribution is -2.30. The van der Waals surface area contributed by atoms with Crippen LogP contribution in [-0.2, 0) is 0 Å². The number of carbonyl (C=O) groups excluding carboxylic acids is 1. The van der Waals surface area contributed by atoms with E-state index >= 15 is 0 Å². The minimum Gasteiger partial charge on any atom is -0.355 e. The fraction of sp³-hybridized carbons (Fsp3) is 0.261. The highest BCUT2D eigenvalue weighted by Crippen LogP contribution is 2.24. The molecule has 0 saturated carbocycles. The van der Waals surface area contributed by atoms with Gasteiger partial charge in [0, 0.05) is 41.5 Å². The maximum atomic E-state index is 12.6. The Morgan fingerprint density at radius 1 is 1.03 bits per heavy atom. The first-order chi connectivity index (χ1) is 15.0. The summed E-state index contributed by atoms with van der Waals surface area (Å²) in [5, 5.41) is 22.7. The maximum Gasteiger partial charge on any atom is 0.273 e. The van der Waals surface area contributed by atoms with Crippen LogP contribution in [-0.4, -0.2) is 34.1 Å². The van der Waals surface area contributed by atoms with Crippen molar-refractivity contribution < 1.29 is 9.72 Å². The standard InChI is InChI=1S/C23H23N5O3/c1-16-8-9-18(15-21(16)28(30)31)23(29)24-19-7-5-6-17(14-19)20-10-11-22(26-25-20)27-12-3-2-4-13-27/h5-11,14-15H,2-4,12-13H2,1H3,(H,24,29). The van der Waals surface area contributed by atoms with Gasteiger partial charge >= 0.3 is 0 Å². The number of amides is 1. The van der Waals surface area contributed by atoms with Gasteiger partial charge in [0.2, 0.25) is 0 Å². The summed E-state index contributed by atoms with van der Waals surface area (Å²) in [5.41, 5.74) is 2.77. The number of nitrogens with zero attached hydrogens (tertiary/aromatic N) is 4. The molecule has 0 aliphatic carbocycles. The normalized spacial score (nSPS) is 13.6. The Morgan fingerprint density at radius 3 is 2.55 bits per heavy atom. The van der Waals surface area contributed by atoms with E-state index in [1.807, 2.05) is 30.3 Å². The van der Waals surface area contributed by atoms with Gasteiger partial charge < -0.3 is 10.2 Å². The molecule has 0 spiro atoms. The van der Waals surface area contributed by atoms with E-state index in [0.717, 1.165) is 24.5 Å². The molecule has 0 unspecified atom stereocenters. The largest absolute Gasteiger partial charge is 0.355 e. The number of aromatic nitrogens is 2. The third-order valence-electron chi connectivity index (χ3n) is 5.41. The minimum absolute atomic E-state index is 0.0783. The number of hydrogen-bond acceptors (Lipinski definition) is 6. The molecule has 1 aliphatic heterocycles. The Kier molecular flexibility index (Phi) is 5.88. The van der Waals surface area contributed by atoms with Crippen LogP contribution in [0.4, 0.5) is 17.2 Å². The molecule has 158 valence electrons. The topological polar surface area (TPSA) is 101 Å². The number of nitrogens with one attached hydrogen (secondary N) is 1. The highest BCUT2D eigenvalue weighted by Gasteiger charge is 2.16. The molecule has 1 fully saturated rings. The zero-order valence-electron chi connectivity index (χ0n) is 17.2. The van der Waals surface area contributed by atoms with E-state index in [4.69, 9.17) is 0 Å². The van der Waals surface area contributed by atoms with Crippen molar-refractivity contribution in [3.05, 3.63) is 75.8 Å². The van der Waals surface area contributed by atoms with Gasteiger partial charge in [0.15, 0.2) is 5.82 Å². The van der Waals surface area contributed by atoms with Crippen LogP contribution in [0, 0.1) is 17.0 Å². The van der Waals surface area contributed by atoms with Crippen LogP contribution in [0.1, 0.15) is 35.2 Å². The molecule has 1 N–H and O–H groups in total. The minimum atomic E-state index is -0.487. The predicted octanol–water partition coefficient (Wildman–Crippen LogP) is 4.60. The smallest absolute Gasteiger partial charge is 0.273 e. The molecule has 8 heteroatoms. The molecule has 4 rings (SSSR count). The summed E-state index contributed by atoms with van der Waals surface area (Å²) >= 11 is 0.